The lowest BCUT2D eigenvalue weighted by atomic mass is 10.1. The van der Waals surface area contributed by atoms with Gasteiger partial charge in [0.1, 0.15) is 5.52 Å². The summed E-state index contributed by atoms with van der Waals surface area (Å²) in [7, 11) is 0. The lowest BCUT2D eigenvalue weighted by Gasteiger charge is -2.20. The summed E-state index contributed by atoms with van der Waals surface area (Å²) < 4.78 is 1.58. The third-order valence-electron chi connectivity index (χ3n) is 3.86. The highest BCUT2D eigenvalue weighted by atomic mass is 16.3. The molecule has 0 spiro atoms. The summed E-state index contributed by atoms with van der Waals surface area (Å²) in [5.74, 6) is 0.310. The molecule has 0 saturated heterocycles. The highest BCUT2D eigenvalue weighted by Gasteiger charge is 2.20. The molecule has 2 rings (SSSR count). The van der Waals surface area contributed by atoms with E-state index in [2.05, 4.69) is 36.1 Å². The first kappa shape index (κ1) is 19.5. The minimum atomic E-state index is -0.970. The van der Waals surface area contributed by atoms with Crippen LogP contribution in [0.1, 0.15) is 53.2 Å². The Morgan fingerprint density at radius 3 is 2.44 bits per heavy atom. The number of aromatic hydroxyl groups is 1. The predicted octanol–water partition coefficient (Wildman–Crippen LogP) is 2.20. The number of nitrogens with zero attached hydrogens (tertiary/aromatic N) is 3. The van der Waals surface area contributed by atoms with Crippen LogP contribution in [-0.2, 0) is 13.0 Å². The van der Waals surface area contributed by atoms with Gasteiger partial charge in [0.25, 0.3) is 6.01 Å². The van der Waals surface area contributed by atoms with E-state index in [0.29, 0.717) is 16.9 Å². The minimum absolute atomic E-state index is 0.128. The molecule has 2 heterocycles. The summed E-state index contributed by atoms with van der Waals surface area (Å²) in [4.78, 5) is 8.49. The SMILES string of the molecule is CC(C)(O)Cn1c(O)nc2c(N)nc(CCCCNC(C)(C)C)cc21. The Morgan fingerprint density at radius 2 is 1.84 bits per heavy atom. The van der Waals surface area contributed by atoms with Crippen LogP contribution in [0.5, 0.6) is 6.01 Å². The molecule has 2 aromatic heterocycles. The van der Waals surface area contributed by atoms with Crippen molar-refractivity contribution in [1.82, 2.24) is 19.9 Å². The molecular weight excluding hydrogens is 318 g/mol. The highest BCUT2D eigenvalue weighted by molar-refractivity contribution is 5.86. The van der Waals surface area contributed by atoms with Crippen LogP contribution in [0.3, 0.4) is 0 Å². The van der Waals surface area contributed by atoms with Gasteiger partial charge in [0, 0.05) is 11.2 Å². The van der Waals surface area contributed by atoms with Crippen LogP contribution in [-0.4, -0.2) is 42.4 Å². The quantitative estimate of drug-likeness (QED) is 0.571. The Morgan fingerprint density at radius 1 is 1.16 bits per heavy atom. The van der Waals surface area contributed by atoms with E-state index in [1.54, 1.807) is 18.4 Å². The van der Waals surface area contributed by atoms with Crippen LogP contribution in [0.15, 0.2) is 6.07 Å². The van der Waals surface area contributed by atoms with Crippen molar-refractivity contribution >= 4 is 16.9 Å². The Hall–Kier alpha value is -1.86. The van der Waals surface area contributed by atoms with Crippen LogP contribution in [0.25, 0.3) is 11.0 Å². The fraction of sp³-hybridized carbons (Fsp3) is 0.667. The number of aromatic nitrogens is 3. The minimum Gasteiger partial charge on any atom is -0.480 e. The number of aryl methyl sites for hydroxylation is 1. The normalized spacial score (nSPS) is 12.9. The van der Waals surface area contributed by atoms with Gasteiger partial charge in [-0.05, 0) is 66.5 Å². The second kappa shape index (κ2) is 7.17. The van der Waals surface area contributed by atoms with E-state index < -0.39 is 5.60 Å². The maximum atomic E-state index is 10.1. The first-order chi connectivity index (χ1) is 11.5. The van der Waals surface area contributed by atoms with E-state index in [-0.39, 0.29) is 18.1 Å². The van der Waals surface area contributed by atoms with Crippen molar-refractivity contribution < 1.29 is 10.2 Å². The maximum absolute atomic E-state index is 10.1. The zero-order valence-electron chi connectivity index (χ0n) is 15.9. The molecular formula is C18H31N5O2. The van der Waals surface area contributed by atoms with Crippen LogP contribution in [0.4, 0.5) is 5.82 Å². The van der Waals surface area contributed by atoms with Gasteiger partial charge >= 0.3 is 0 Å². The van der Waals surface area contributed by atoms with Gasteiger partial charge in [-0.25, -0.2) is 4.98 Å². The Labute approximate surface area is 149 Å². The number of nitrogen functional groups attached to an aromatic ring is 1. The molecule has 140 valence electrons. The average molecular weight is 349 g/mol. The van der Waals surface area contributed by atoms with Crippen molar-refractivity contribution in [1.29, 1.82) is 0 Å². The van der Waals surface area contributed by atoms with Gasteiger partial charge in [0.05, 0.1) is 17.7 Å². The molecule has 7 nitrogen and oxygen atoms in total. The number of hydrogen-bond acceptors (Lipinski definition) is 6. The third kappa shape index (κ3) is 5.57. The third-order valence-corrected chi connectivity index (χ3v) is 3.86. The number of imidazole rings is 1. The van der Waals surface area contributed by atoms with Crippen molar-refractivity contribution in [3.05, 3.63) is 11.8 Å². The van der Waals surface area contributed by atoms with E-state index in [1.807, 2.05) is 6.07 Å². The molecule has 7 heteroatoms. The average Bonchev–Trinajstić information content (AvgIpc) is 2.73. The number of fused-ring (bicyclic) bond motifs is 1. The molecule has 0 bridgehead atoms. The summed E-state index contributed by atoms with van der Waals surface area (Å²) in [5.41, 5.74) is 7.22. The molecule has 0 unspecified atom stereocenters. The molecule has 0 aliphatic heterocycles. The lowest BCUT2D eigenvalue weighted by molar-refractivity contribution is 0.0602. The number of hydrogen-bond donors (Lipinski definition) is 4. The number of unbranched alkanes of at least 4 members (excludes halogenated alkanes) is 1. The molecule has 5 N–H and O–H groups in total. The van der Waals surface area contributed by atoms with E-state index >= 15 is 0 Å². The van der Waals surface area contributed by atoms with E-state index in [1.165, 1.54) is 0 Å². The smallest absolute Gasteiger partial charge is 0.295 e. The van der Waals surface area contributed by atoms with Crippen molar-refractivity contribution in [2.75, 3.05) is 12.3 Å². The summed E-state index contributed by atoms with van der Waals surface area (Å²) >= 11 is 0. The fourth-order valence-electron chi connectivity index (χ4n) is 2.75. The molecule has 0 fully saturated rings. The number of anilines is 1. The molecule has 0 amide bonds. The van der Waals surface area contributed by atoms with Crippen LogP contribution < -0.4 is 11.1 Å². The summed E-state index contributed by atoms with van der Waals surface area (Å²) in [5, 5.41) is 23.6. The van der Waals surface area contributed by atoms with Gasteiger partial charge in [0.15, 0.2) is 5.82 Å². The first-order valence-corrected chi connectivity index (χ1v) is 8.78. The number of nitrogens with one attached hydrogen (secondary N) is 1. The number of pyridine rings is 1. The van der Waals surface area contributed by atoms with Crippen molar-refractivity contribution in [3.8, 4) is 6.01 Å². The standard InChI is InChI=1S/C18H31N5O2/c1-17(2,3)20-9-7-6-8-12-10-13-14(15(19)21-12)22-16(24)23(13)11-18(4,5)25/h10,20,25H,6-9,11H2,1-5H3,(H2,19,21)(H,22,24). The largest absolute Gasteiger partial charge is 0.480 e. The number of nitrogens with two attached hydrogens (primary N) is 1. The summed E-state index contributed by atoms with van der Waals surface area (Å²) in [6.07, 6.45) is 2.85. The van der Waals surface area contributed by atoms with Crippen molar-refractivity contribution in [2.45, 2.75) is 71.6 Å². The van der Waals surface area contributed by atoms with Gasteiger partial charge < -0.3 is 21.3 Å². The predicted molar refractivity (Wildman–Crippen MR) is 101 cm³/mol. The molecule has 0 aliphatic rings. The molecule has 25 heavy (non-hydrogen) atoms. The van der Waals surface area contributed by atoms with E-state index in [4.69, 9.17) is 5.73 Å². The number of aliphatic hydroxyl groups is 1. The molecule has 0 aromatic carbocycles. The zero-order chi connectivity index (χ0) is 18.8. The fourth-order valence-corrected chi connectivity index (χ4v) is 2.75. The van der Waals surface area contributed by atoms with Gasteiger partial charge in [-0.3, -0.25) is 4.57 Å². The van der Waals surface area contributed by atoms with Gasteiger partial charge in [-0.15, -0.1) is 0 Å². The van der Waals surface area contributed by atoms with Gasteiger partial charge in [0.2, 0.25) is 0 Å². The van der Waals surface area contributed by atoms with Crippen LogP contribution in [0, 0.1) is 0 Å². The van der Waals surface area contributed by atoms with Gasteiger partial charge in [-0.1, -0.05) is 0 Å². The Balaban J connectivity index is 2.12. The van der Waals surface area contributed by atoms with E-state index in [9.17, 15) is 10.2 Å². The maximum Gasteiger partial charge on any atom is 0.295 e. The Bertz CT molecular complexity index is 726. The lowest BCUT2D eigenvalue weighted by Crippen LogP contribution is -2.36. The summed E-state index contributed by atoms with van der Waals surface area (Å²) in [6, 6.07) is 1.75. The summed E-state index contributed by atoms with van der Waals surface area (Å²) in [6.45, 7) is 11.0. The zero-order valence-corrected chi connectivity index (χ0v) is 15.9. The van der Waals surface area contributed by atoms with Crippen molar-refractivity contribution in [2.24, 2.45) is 0 Å². The Kier molecular flexibility index (Phi) is 5.58. The monoisotopic (exact) mass is 349 g/mol. The van der Waals surface area contributed by atoms with Crippen LogP contribution >= 0.6 is 0 Å². The molecule has 0 saturated carbocycles. The number of rotatable bonds is 7. The van der Waals surface area contributed by atoms with Crippen molar-refractivity contribution in [3.63, 3.8) is 0 Å². The molecule has 2 aromatic rings. The van der Waals surface area contributed by atoms with Crippen LogP contribution in [0.2, 0.25) is 0 Å². The topological polar surface area (TPSA) is 109 Å². The highest BCUT2D eigenvalue weighted by Crippen LogP contribution is 2.27. The second-order valence-electron chi connectivity index (χ2n) is 8.31. The van der Waals surface area contributed by atoms with E-state index in [0.717, 1.165) is 31.5 Å². The second-order valence-corrected chi connectivity index (χ2v) is 8.31. The molecule has 0 aliphatic carbocycles. The molecule has 0 atom stereocenters. The van der Waals surface area contributed by atoms with Gasteiger partial charge in [-0.2, -0.15) is 4.98 Å². The molecule has 0 radical (unpaired) electrons. The first-order valence-electron chi connectivity index (χ1n) is 8.78.